The van der Waals surface area contributed by atoms with Crippen molar-refractivity contribution in [3.8, 4) is 17.2 Å². The topological polar surface area (TPSA) is 98.2 Å². The first kappa shape index (κ1) is 23.1. The molecule has 34 heavy (non-hydrogen) atoms. The van der Waals surface area contributed by atoms with Gasteiger partial charge in [-0.3, -0.25) is 19.5 Å². The number of aliphatic hydroxyl groups is 1. The second-order valence-electron chi connectivity index (χ2n) is 7.31. The van der Waals surface area contributed by atoms with E-state index in [2.05, 4.69) is 4.98 Å². The van der Waals surface area contributed by atoms with Gasteiger partial charge in [-0.25, -0.2) is 0 Å². The molecule has 0 radical (unpaired) electrons. The molecule has 1 fully saturated rings. The van der Waals surface area contributed by atoms with Crippen molar-refractivity contribution < 1.29 is 28.9 Å². The van der Waals surface area contributed by atoms with E-state index in [1.807, 2.05) is 0 Å². The largest absolute Gasteiger partial charge is 0.507 e. The summed E-state index contributed by atoms with van der Waals surface area (Å²) in [5.41, 5.74) is 0.796. The summed E-state index contributed by atoms with van der Waals surface area (Å²) in [4.78, 5) is 32.2. The molecule has 0 bridgehead atoms. The predicted molar refractivity (Wildman–Crippen MR) is 127 cm³/mol. The number of carbonyl (C=O) groups excluding carboxylic acids is 2. The lowest BCUT2D eigenvalue weighted by Crippen LogP contribution is -2.29. The molecule has 1 amide bonds. The fraction of sp³-hybridized carbons (Fsp3) is 0.160. The van der Waals surface area contributed by atoms with Crippen molar-refractivity contribution in [1.29, 1.82) is 0 Å². The molecule has 1 saturated heterocycles. The minimum Gasteiger partial charge on any atom is -0.507 e. The van der Waals surface area contributed by atoms with Crippen molar-refractivity contribution in [2.75, 3.05) is 26.2 Å². The van der Waals surface area contributed by atoms with Gasteiger partial charge in [-0.05, 0) is 30.3 Å². The molecule has 0 saturated carbocycles. The van der Waals surface area contributed by atoms with Gasteiger partial charge in [-0.1, -0.05) is 23.7 Å². The number of hydrogen-bond acceptors (Lipinski definition) is 7. The molecule has 174 valence electrons. The van der Waals surface area contributed by atoms with E-state index in [1.54, 1.807) is 48.7 Å². The van der Waals surface area contributed by atoms with Crippen molar-refractivity contribution in [3.05, 3.63) is 82.6 Å². The molecule has 3 aromatic rings. The van der Waals surface area contributed by atoms with Gasteiger partial charge in [0.1, 0.15) is 29.0 Å². The standard InChI is InChI=1S/C25H21ClN2O6/c1-32-15-8-6-7-14(11-15)28-22(18-9-4-5-10-27-18)21(24(30)25(28)31)23(29)16-12-17(26)20(34-3)13-19(16)33-2/h4-13,22,29H,1-3H3/b23-21+. The summed E-state index contributed by atoms with van der Waals surface area (Å²) >= 11 is 6.28. The lowest BCUT2D eigenvalue weighted by Gasteiger charge is -2.25. The maximum absolute atomic E-state index is 13.3. The molecule has 8 nitrogen and oxygen atoms in total. The summed E-state index contributed by atoms with van der Waals surface area (Å²) in [5, 5.41) is 11.5. The molecule has 1 atom stereocenters. The normalized spacial score (nSPS) is 17.1. The molecule has 4 rings (SSSR count). The lowest BCUT2D eigenvalue weighted by molar-refractivity contribution is -0.132. The van der Waals surface area contributed by atoms with E-state index in [9.17, 15) is 14.7 Å². The number of amides is 1. The Labute approximate surface area is 201 Å². The highest BCUT2D eigenvalue weighted by atomic mass is 35.5. The average molecular weight is 481 g/mol. The number of halogens is 1. The molecule has 9 heteroatoms. The number of nitrogens with zero attached hydrogens (tertiary/aromatic N) is 2. The number of hydrogen-bond donors (Lipinski definition) is 1. The Morgan fingerprint density at radius 2 is 1.74 bits per heavy atom. The summed E-state index contributed by atoms with van der Waals surface area (Å²) in [6.45, 7) is 0. The molecule has 1 aliphatic heterocycles. The van der Waals surface area contributed by atoms with Crippen molar-refractivity contribution in [2.45, 2.75) is 6.04 Å². The van der Waals surface area contributed by atoms with Gasteiger partial charge in [0.25, 0.3) is 11.7 Å². The van der Waals surface area contributed by atoms with Crippen LogP contribution in [0.1, 0.15) is 17.3 Å². The number of methoxy groups -OCH3 is 3. The van der Waals surface area contributed by atoms with Crippen LogP contribution < -0.4 is 19.1 Å². The van der Waals surface area contributed by atoms with Gasteiger partial charge in [-0.15, -0.1) is 0 Å². The van der Waals surface area contributed by atoms with Crippen molar-refractivity contribution in [2.24, 2.45) is 0 Å². The van der Waals surface area contributed by atoms with E-state index < -0.39 is 23.5 Å². The number of rotatable bonds is 6. The summed E-state index contributed by atoms with van der Waals surface area (Å²) in [5.74, 6) is -1.09. The van der Waals surface area contributed by atoms with Crippen LogP contribution in [0.15, 0.2) is 66.4 Å². The quantitative estimate of drug-likeness (QED) is 0.317. The van der Waals surface area contributed by atoms with Crippen molar-refractivity contribution >= 4 is 34.7 Å². The summed E-state index contributed by atoms with van der Waals surface area (Å²) in [6.07, 6.45) is 1.55. The van der Waals surface area contributed by atoms with Crippen LogP contribution >= 0.6 is 11.6 Å². The van der Waals surface area contributed by atoms with Crippen LogP contribution in [0.2, 0.25) is 5.02 Å². The third-order valence-corrected chi connectivity index (χ3v) is 5.77. The third kappa shape index (κ3) is 3.92. The zero-order valence-electron chi connectivity index (χ0n) is 18.6. The summed E-state index contributed by atoms with van der Waals surface area (Å²) < 4.78 is 15.9. The van der Waals surface area contributed by atoms with E-state index in [4.69, 9.17) is 25.8 Å². The van der Waals surface area contributed by atoms with E-state index in [0.717, 1.165) is 0 Å². The van der Waals surface area contributed by atoms with E-state index in [0.29, 0.717) is 22.9 Å². The fourth-order valence-corrected chi connectivity index (χ4v) is 4.11. The van der Waals surface area contributed by atoms with Crippen molar-refractivity contribution in [1.82, 2.24) is 4.98 Å². The molecular weight excluding hydrogens is 460 g/mol. The van der Waals surface area contributed by atoms with Crippen LogP contribution in [0.3, 0.4) is 0 Å². The molecule has 1 aliphatic rings. The molecule has 2 aromatic carbocycles. The lowest BCUT2D eigenvalue weighted by atomic mass is 9.97. The minimum absolute atomic E-state index is 0.137. The van der Waals surface area contributed by atoms with Gasteiger partial charge in [-0.2, -0.15) is 0 Å². The van der Waals surface area contributed by atoms with Crippen LogP contribution in [-0.2, 0) is 9.59 Å². The number of ketones is 1. The number of ether oxygens (including phenoxy) is 3. The summed E-state index contributed by atoms with van der Waals surface area (Å²) in [6, 6.07) is 13.8. The van der Waals surface area contributed by atoms with Crippen LogP contribution in [-0.4, -0.2) is 43.1 Å². The number of benzene rings is 2. The number of aromatic nitrogens is 1. The molecular formula is C25H21ClN2O6. The molecule has 1 unspecified atom stereocenters. The van der Waals surface area contributed by atoms with Crippen LogP contribution in [0.25, 0.3) is 5.76 Å². The highest BCUT2D eigenvalue weighted by Gasteiger charge is 2.48. The maximum Gasteiger partial charge on any atom is 0.300 e. The Morgan fingerprint density at radius 3 is 2.38 bits per heavy atom. The highest BCUT2D eigenvalue weighted by molar-refractivity contribution is 6.51. The monoisotopic (exact) mass is 480 g/mol. The second-order valence-corrected chi connectivity index (χ2v) is 7.72. The molecule has 0 spiro atoms. The van der Waals surface area contributed by atoms with Gasteiger partial charge < -0.3 is 19.3 Å². The number of carbonyl (C=O) groups is 2. The van der Waals surface area contributed by atoms with Gasteiger partial charge in [0.15, 0.2) is 0 Å². The average Bonchev–Trinajstić information content (AvgIpc) is 3.14. The first-order valence-corrected chi connectivity index (χ1v) is 10.6. The number of pyridine rings is 1. The maximum atomic E-state index is 13.3. The Kier molecular flexibility index (Phi) is 6.43. The first-order chi connectivity index (χ1) is 16.4. The summed E-state index contributed by atoms with van der Waals surface area (Å²) in [7, 11) is 4.36. The van der Waals surface area contributed by atoms with Crippen molar-refractivity contribution in [3.63, 3.8) is 0 Å². The van der Waals surface area contributed by atoms with Crippen LogP contribution in [0.5, 0.6) is 17.2 Å². The number of anilines is 1. The third-order valence-electron chi connectivity index (χ3n) is 5.47. The molecule has 1 N–H and O–H groups in total. The number of aliphatic hydroxyl groups excluding tert-OH is 1. The molecule has 2 heterocycles. The van der Waals surface area contributed by atoms with Gasteiger partial charge >= 0.3 is 0 Å². The zero-order chi connectivity index (χ0) is 24.4. The van der Waals surface area contributed by atoms with Crippen LogP contribution in [0, 0.1) is 0 Å². The van der Waals surface area contributed by atoms with Gasteiger partial charge in [0.05, 0.1) is 43.2 Å². The van der Waals surface area contributed by atoms with E-state index in [-0.39, 0.29) is 21.9 Å². The fourth-order valence-electron chi connectivity index (χ4n) is 3.87. The Bertz CT molecular complexity index is 1290. The SMILES string of the molecule is COc1cccc(N2C(=O)C(=O)/C(=C(/O)c3cc(Cl)c(OC)cc3OC)C2c2ccccn2)c1. The zero-order valence-corrected chi connectivity index (χ0v) is 19.4. The van der Waals surface area contributed by atoms with E-state index in [1.165, 1.54) is 38.4 Å². The first-order valence-electron chi connectivity index (χ1n) is 10.2. The highest BCUT2D eigenvalue weighted by Crippen LogP contribution is 2.44. The predicted octanol–water partition coefficient (Wildman–Crippen LogP) is 4.39. The Morgan fingerprint density at radius 1 is 0.971 bits per heavy atom. The minimum atomic E-state index is -1.00. The Balaban J connectivity index is 1.97. The smallest absolute Gasteiger partial charge is 0.300 e. The second kappa shape index (κ2) is 9.44. The molecule has 0 aliphatic carbocycles. The van der Waals surface area contributed by atoms with Gasteiger partial charge in [0.2, 0.25) is 0 Å². The van der Waals surface area contributed by atoms with Gasteiger partial charge in [0, 0.05) is 24.0 Å². The van der Waals surface area contributed by atoms with Crippen LogP contribution in [0.4, 0.5) is 5.69 Å². The Hall–Kier alpha value is -4.04. The molecule has 1 aromatic heterocycles. The van der Waals surface area contributed by atoms with E-state index >= 15 is 0 Å². The number of Topliss-reactive ketones (excluding diaryl/α,β-unsaturated/α-hetero) is 1.